The van der Waals surface area contributed by atoms with Crippen molar-refractivity contribution < 1.29 is 9.84 Å². The Morgan fingerprint density at radius 3 is 2.50 bits per heavy atom. The molecular formula is C6H13O2. The van der Waals surface area contributed by atoms with Gasteiger partial charge in [-0.1, -0.05) is 13.8 Å². The summed E-state index contributed by atoms with van der Waals surface area (Å²) in [4.78, 5) is 0. The minimum Gasteiger partial charge on any atom is -0.350 e. The summed E-state index contributed by atoms with van der Waals surface area (Å²) in [6, 6.07) is 0. The maximum atomic E-state index is 10.4. The molecular weight excluding hydrogens is 104 g/mol. The largest absolute Gasteiger partial charge is 0.350 e. The molecule has 1 unspecified atom stereocenters. The molecule has 0 N–H and O–H groups in total. The fraction of sp³-hybridized carbons (Fsp3) is 1.00. The second-order valence-electron chi connectivity index (χ2n) is 1.71. The minimum atomic E-state index is -0.796. The van der Waals surface area contributed by atoms with Crippen LogP contribution in [0.1, 0.15) is 26.7 Å². The van der Waals surface area contributed by atoms with Crippen LogP contribution in [0, 0.1) is 0 Å². The van der Waals surface area contributed by atoms with Gasteiger partial charge in [-0.05, 0) is 12.8 Å². The van der Waals surface area contributed by atoms with Gasteiger partial charge in [0.1, 0.15) is 0 Å². The van der Waals surface area contributed by atoms with Crippen molar-refractivity contribution in [3.8, 4) is 0 Å². The maximum absolute atomic E-state index is 10.4. The Balaban J connectivity index is 2.86. The van der Waals surface area contributed by atoms with Crippen molar-refractivity contribution in [2.45, 2.75) is 33.0 Å². The van der Waals surface area contributed by atoms with Gasteiger partial charge in [0.05, 0.1) is 0 Å². The zero-order chi connectivity index (χ0) is 6.41. The van der Waals surface area contributed by atoms with E-state index in [-0.39, 0.29) is 0 Å². The molecule has 0 heterocycles. The van der Waals surface area contributed by atoms with Gasteiger partial charge in [-0.2, -0.15) is 0 Å². The molecule has 0 rings (SSSR count). The minimum absolute atomic E-state index is 0.569. The fourth-order valence-corrected chi connectivity index (χ4v) is 0.367. The maximum Gasteiger partial charge on any atom is 0.191 e. The molecule has 0 fully saturated rings. The third-order valence-electron chi connectivity index (χ3n) is 0.841. The second-order valence-corrected chi connectivity index (χ2v) is 1.71. The first-order valence-electron chi connectivity index (χ1n) is 3.08. The number of rotatable bonds is 4. The second kappa shape index (κ2) is 5.06. The van der Waals surface area contributed by atoms with Crippen molar-refractivity contribution in [2.75, 3.05) is 6.61 Å². The van der Waals surface area contributed by atoms with Crippen molar-refractivity contribution in [3.05, 3.63) is 0 Å². The average molecular weight is 117 g/mol. The van der Waals surface area contributed by atoms with Gasteiger partial charge in [0.15, 0.2) is 6.29 Å². The molecule has 8 heavy (non-hydrogen) atoms. The molecule has 0 bridgehead atoms. The average Bonchev–Trinajstić information content (AvgIpc) is 1.83. The highest BCUT2D eigenvalue weighted by Crippen LogP contribution is 1.93. The number of hydrogen-bond donors (Lipinski definition) is 0. The van der Waals surface area contributed by atoms with E-state index >= 15 is 0 Å². The zero-order valence-electron chi connectivity index (χ0n) is 5.52. The van der Waals surface area contributed by atoms with Crippen molar-refractivity contribution in [3.63, 3.8) is 0 Å². The van der Waals surface area contributed by atoms with Crippen LogP contribution in [0.4, 0.5) is 0 Å². The molecule has 2 heteroatoms. The molecule has 0 spiro atoms. The Bertz CT molecular complexity index is 45.8. The topological polar surface area (TPSA) is 29.1 Å². The molecule has 0 aromatic carbocycles. The molecule has 0 saturated heterocycles. The lowest BCUT2D eigenvalue weighted by Crippen LogP contribution is -2.08. The summed E-state index contributed by atoms with van der Waals surface area (Å²) >= 11 is 0. The van der Waals surface area contributed by atoms with E-state index in [1.54, 1.807) is 0 Å². The van der Waals surface area contributed by atoms with E-state index in [9.17, 15) is 5.11 Å². The van der Waals surface area contributed by atoms with Crippen molar-refractivity contribution in [2.24, 2.45) is 0 Å². The Morgan fingerprint density at radius 1 is 1.50 bits per heavy atom. The zero-order valence-corrected chi connectivity index (χ0v) is 5.52. The molecule has 1 atom stereocenters. The summed E-state index contributed by atoms with van der Waals surface area (Å²) in [5, 5.41) is 10.4. The molecule has 49 valence electrons. The normalized spacial score (nSPS) is 13.9. The molecule has 0 aliphatic carbocycles. The van der Waals surface area contributed by atoms with Crippen LogP contribution in [0.15, 0.2) is 0 Å². The van der Waals surface area contributed by atoms with Gasteiger partial charge in [-0.25, -0.2) is 5.11 Å². The third kappa shape index (κ3) is 4.09. The van der Waals surface area contributed by atoms with Gasteiger partial charge in [-0.15, -0.1) is 0 Å². The van der Waals surface area contributed by atoms with Crippen LogP contribution in [0.3, 0.4) is 0 Å². The van der Waals surface area contributed by atoms with Crippen molar-refractivity contribution in [1.29, 1.82) is 0 Å². The van der Waals surface area contributed by atoms with Gasteiger partial charge in [0, 0.05) is 6.61 Å². The van der Waals surface area contributed by atoms with E-state index in [1.807, 2.05) is 13.8 Å². The fourth-order valence-electron chi connectivity index (χ4n) is 0.367. The summed E-state index contributed by atoms with van der Waals surface area (Å²) in [5.41, 5.74) is 0. The Labute approximate surface area is 50.5 Å². The molecule has 0 aliphatic rings. The quantitative estimate of drug-likeness (QED) is 0.514. The lowest BCUT2D eigenvalue weighted by Gasteiger charge is -2.03. The predicted molar refractivity (Wildman–Crippen MR) is 31.0 cm³/mol. The Kier molecular flexibility index (Phi) is 5.01. The van der Waals surface area contributed by atoms with Crippen LogP contribution >= 0.6 is 0 Å². The number of hydrogen-bond acceptors (Lipinski definition) is 1. The van der Waals surface area contributed by atoms with Crippen molar-refractivity contribution >= 4 is 0 Å². The van der Waals surface area contributed by atoms with Gasteiger partial charge in [-0.3, -0.25) is 0 Å². The smallest absolute Gasteiger partial charge is 0.191 e. The summed E-state index contributed by atoms with van der Waals surface area (Å²) in [5.74, 6) is 0. The highest BCUT2D eigenvalue weighted by molar-refractivity contribution is 4.32. The van der Waals surface area contributed by atoms with Gasteiger partial charge in [0.25, 0.3) is 0 Å². The van der Waals surface area contributed by atoms with E-state index in [0.717, 1.165) is 6.42 Å². The van der Waals surface area contributed by atoms with Gasteiger partial charge >= 0.3 is 0 Å². The summed E-state index contributed by atoms with van der Waals surface area (Å²) in [6.45, 7) is 4.41. The monoisotopic (exact) mass is 117 g/mol. The van der Waals surface area contributed by atoms with Crippen LogP contribution in [-0.2, 0) is 9.84 Å². The predicted octanol–water partition coefficient (Wildman–Crippen LogP) is 1.58. The van der Waals surface area contributed by atoms with E-state index < -0.39 is 6.29 Å². The molecule has 0 aromatic heterocycles. The summed E-state index contributed by atoms with van der Waals surface area (Å²) in [6.07, 6.45) is 0.702. The van der Waals surface area contributed by atoms with Gasteiger partial charge in [0.2, 0.25) is 0 Å². The van der Waals surface area contributed by atoms with E-state index in [4.69, 9.17) is 4.74 Å². The van der Waals surface area contributed by atoms with E-state index in [2.05, 4.69) is 0 Å². The van der Waals surface area contributed by atoms with E-state index in [1.165, 1.54) is 0 Å². The SMILES string of the molecule is CCCOC([O])CC. The van der Waals surface area contributed by atoms with Gasteiger partial charge < -0.3 is 4.74 Å². The molecule has 1 radical (unpaired) electrons. The molecule has 2 nitrogen and oxygen atoms in total. The number of ether oxygens (including phenoxy) is 1. The molecule has 0 amide bonds. The Morgan fingerprint density at radius 2 is 2.12 bits per heavy atom. The van der Waals surface area contributed by atoms with Crippen LogP contribution in [0.25, 0.3) is 0 Å². The van der Waals surface area contributed by atoms with Crippen LogP contribution in [0.2, 0.25) is 0 Å². The lowest BCUT2D eigenvalue weighted by molar-refractivity contribution is -0.140. The van der Waals surface area contributed by atoms with E-state index in [0.29, 0.717) is 13.0 Å². The lowest BCUT2D eigenvalue weighted by atomic mass is 10.5. The van der Waals surface area contributed by atoms with Crippen LogP contribution < -0.4 is 0 Å². The van der Waals surface area contributed by atoms with Crippen molar-refractivity contribution in [1.82, 2.24) is 0 Å². The Hall–Kier alpha value is -0.0800. The molecule has 0 aliphatic heterocycles. The standard InChI is InChI=1S/C6H13O2/c1-3-5-8-6(7)4-2/h6H,3-5H2,1-2H3. The van der Waals surface area contributed by atoms with Crippen LogP contribution in [-0.4, -0.2) is 12.9 Å². The highest BCUT2D eigenvalue weighted by atomic mass is 16.6. The molecule has 0 aromatic rings. The summed E-state index contributed by atoms with van der Waals surface area (Å²) < 4.78 is 4.78. The first kappa shape index (κ1) is 7.92. The summed E-state index contributed by atoms with van der Waals surface area (Å²) in [7, 11) is 0. The molecule has 0 saturated carbocycles. The first-order valence-corrected chi connectivity index (χ1v) is 3.08. The first-order chi connectivity index (χ1) is 3.81. The van der Waals surface area contributed by atoms with Crippen LogP contribution in [0.5, 0.6) is 0 Å². The third-order valence-corrected chi connectivity index (χ3v) is 0.841. The highest BCUT2D eigenvalue weighted by Gasteiger charge is 1.98.